The third-order valence-electron chi connectivity index (χ3n) is 8.40. The van der Waals surface area contributed by atoms with Crippen LogP contribution in [0.2, 0.25) is 0 Å². The van der Waals surface area contributed by atoms with Crippen LogP contribution in [0.3, 0.4) is 0 Å². The van der Waals surface area contributed by atoms with Crippen LogP contribution in [0.15, 0.2) is 48.5 Å². The number of nitrogens with zero attached hydrogens (tertiary/aromatic N) is 1. The fourth-order valence-corrected chi connectivity index (χ4v) is 5.81. The molecule has 1 heterocycles. The molecule has 1 fully saturated rings. The summed E-state index contributed by atoms with van der Waals surface area (Å²) >= 11 is 0. The Morgan fingerprint density at radius 3 is 1.93 bits per heavy atom. The average molecular weight is 553 g/mol. The highest BCUT2D eigenvalue weighted by Gasteiger charge is 2.39. The maximum absolute atomic E-state index is 9.54. The van der Waals surface area contributed by atoms with Gasteiger partial charge >= 0.3 is 0 Å². The molecule has 0 amide bonds. The Morgan fingerprint density at radius 2 is 1.35 bits per heavy atom. The molecule has 1 saturated heterocycles. The first kappa shape index (κ1) is 32.6. The predicted molar refractivity (Wildman–Crippen MR) is 167 cm³/mol. The molecule has 2 aromatic carbocycles. The van der Waals surface area contributed by atoms with Crippen molar-refractivity contribution in [3.63, 3.8) is 0 Å². The number of nitrogen functional groups attached to an aromatic ring is 1. The van der Waals surface area contributed by atoms with Crippen molar-refractivity contribution in [1.29, 1.82) is 0 Å². The Bertz CT molecular complexity index is 918. The molecule has 40 heavy (non-hydrogen) atoms. The van der Waals surface area contributed by atoms with E-state index in [9.17, 15) is 5.11 Å². The molecule has 0 spiro atoms. The van der Waals surface area contributed by atoms with E-state index in [4.69, 9.17) is 15.2 Å². The lowest BCUT2D eigenvalue weighted by atomic mass is 9.90. The maximum Gasteiger partial charge on any atom is 0.185 e. The summed E-state index contributed by atoms with van der Waals surface area (Å²) in [5.74, 6) is 0.189. The van der Waals surface area contributed by atoms with Gasteiger partial charge in [0.15, 0.2) is 6.29 Å². The van der Waals surface area contributed by atoms with E-state index >= 15 is 0 Å². The highest BCUT2D eigenvalue weighted by molar-refractivity contribution is 5.41. The van der Waals surface area contributed by atoms with E-state index < -0.39 is 6.29 Å². The average Bonchev–Trinajstić information content (AvgIpc) is 2.97. The van der Waals surface area contributed by atoms with Crippen LogP contribution in [0.4, 0.5) is 5.69 Å². The lowest BCUT2D eigenvalue weighted by Crippen LogP contribution is -2.45. The predicted octanol–water partition coefficient (Wildman–Crippen LogP) is 8.58. The topological polar surface area (TPSA) is 68.0 Å². The van der Waals surface area contributed by atoms with E-state index in [-0.39, 0.29) is 24.7 Å². The molecule has 4 unspecified atom stereocenters. The molecule has 0 bridgehead atoms. The molecule has 0 aliphatic carbocycles. The highest BCUT2D eigenvalue weighted by atomic mass is 16.7. The van der Waals surface area contributed by atoms with Crippen LogP contribution < -0.4 is 5.73 Å². The van der Waals surface area contributed by atoms with Gasteiger partial charge in [0.05, 0.1) is 18.8 Å². The Morgan fingerprint density at radius 1 is 0.750 bits per heavy atom. The summed E-state index contributed by atoms with van der Waals surface area (Å²) in [5.41, 5.74) is 9.87. The molecule has 5 heteroatoms. The van der Waals surface area contributed by atoms with Crippen molar-refractivity contribution in [1.82, 2.24) is 4.90 Å². The van der Waals surface area contributed by atoms with E-state index in [0.29, 0.717) is 0 Å². The fourth-order valence-electron chi connectivity index (χ4n) is 5.81. The third kappa shape index (κ3) is 10.8. The van der Waals surface area contributed by atoms with E-state index in [1.165, 1.54) is 77.0 Å². The van der Waals surface area contributed by atoms with Crippen molar-refractivity contribution in [2.24, 2.45) is 5.92 Å². The smallest absolute Gasteiger partial charge is 0.185 e. The number of benzene rings is 2. The second-order valence-corrected chi connectivity index (χ2v) is 11.8. The molecule has 2 aromatic rings. The minimum absolute atomic E-state index is 0.0443. The van der Waals surface area contributed by atoms with Crippen LogP contribution >= 0.6 is 0 Å². The molecule has 0 saturated carbocycles. The number of ether oxygens (including phenoxy) is 2. The number of hydrogen-bond acceptors (Lipinski definition) is 5. The number of aliphatic hydroxyl groups excluding tert-OH is 1. The largest absolute Gasteiger partial charge is 0.399 e. The third-order valence-corrected chi connectivity index (χ3v) is 8.40. The van der Waals surface area contributed by atoms with E-state index in [2.05, 4.69) is 37.8 Å². The van der Waals surface area contributed by atoms with Crippen molar-refractivity contribution in [3.8, 4) is 0 Å². The minimum atomic E-state index is -0.461. The molecule has 3 N–H and O–H groups in total. The number of aliphatic hydroxyl groups is 1. The molecule has 224 valence electrons. The summed E-state index contributed by atoms with van der Waals surface area (Å²) in [5, 5.41) is 9.54. The number of rotatable bonds is 19. The van der Waals surface area contributed by atoms with Crippen molar-refractivity contribution < 1.29 is 14.6 Å². The lowest BCUT2D eigenvalue weighted by Gasteiger charge is -2.43. The summed E-state index contributed by atoms with van der Waals surface area (Å²) in [6.07, 6.45) is 15.3. The van der Waals surface area contributed by atoms with Crippen LogP contribution in [-0.2, 0) is 16.1 Å². The Labute approximate surface area is 244 Å². The minimum Gasteiger partial charge on any atom is -0.399 e. The van der Waals surface area contributed by atoms with Crippen LogP contribution in [0, 0.1) is 5.92 Å². The monoisotopic (exact) mass is 552 g/mol. The normalized spacial score (nSPS) is 21.2. The van der Waals surface area contributed by atoms with Gasteiger partial charge in [-0.1, -0.05) is 121 Å². The van der Waals surface area contributed by atoms with Gasteiger partial charge in [-0.3, -0.25) is 0 Å². The molecule has 4 atom stereocenters. The van der Waals surface area contributed by atoms with Gasteiger partial charge in [0.1, 0.15) is 0 Å². The standard InChI is InChI=1S/C35H56N2O3/c1-4-6-8-10-12-14-23-37(24-15-13-11-9-7-5-2)26-33-28(3)34(30-21-19-29(27-38)20-22-30)40-35(39-33)31-17-16-18-32(36)25-31/h16-22,25,28,33-35,38H,4-15,23-24,26-27,36H2,1-3H3. The van der Waals surface area contributed by atoms with Crippen molar-refractivity contribution in [2.45, 2.75) is 123 Å². The van der Waals surface area contributed by atoms with Gasteiger partial charge in [0.2, 0.25) is 0 Å². The van der Waals surface area contributed by atoms with Gasteiger partial charge in [-0.25, -0.2) is 0 Å². The molecular formula is C35H56N2O3. The summed E-state index contributed by atoms with van der Waals surface area (Å²) in [6, 6.07) is 16.1. The van der Waals surface area contributed by atoms with Gasteiger partial charge < -0.3 is 25.2 Å². The molecular weight excluding hydrogens is 496 g/mol. The number of unbranched alkanes of at least 4 members (excludes halogenated alkanes) is 10. The molecule has 3 rings (SSSR count). The van der Waals surface area contributed by atoms with E-state index in [1.54, 1.807) is 0 Å². The number of hydrogen-bond donors (Lipinski definition) is 2. The maximum atomic E-state index is 9.54. The Kier molecular flexibility index (Phi) is 15.1. The molecule has 0 radical (unpaired) electrons. The van der Waals surface area contributed by atoms with Gasteiger partial charge in [0.25, 0.3) is 0 Å². The second kappa shape index (κ2) is 18.5. The first-order chi connectivity index (χ1) is 19.5. The number of anilines is 1. The van der Waals surface area contributed by atoms with Crippen LogP contribution in [0.5, 0.6) is 0 Å². The molecule has 0 aromatic heterocycles. The van der Waals surface area contributed by atoms with Gasteiger partial charge in [0, 0.05) is 23.7 Å². The van der Waals surface area contributed by atoms with Crippen molar-refractivity contribution in [2.75, 3.05) is 25.4 Å². The molecule has 5 nitrogen and oxygen atoms in total. The van der Waals surface area contributed by atoms with E-state index in [0.717, 1.165) is 42.0 Å². The highest BCUT2D eigenvalue weighted by Crippen LogP contribution is 2.42. The Balaban J connectivity index is 1.72. The summed E-state index contributed by atoms with van der Waals surface area (Å²) < 4.78 is 13.4. The van der Waals surface area contributed by atoms with Gasteiger partial charge in [-0.15, -0.1) is 0 Å². The number of nitrogens with two attached hydrogens (primary N) is 1. The first-order valence-corrected chi connectivity index (χ1v) is 16.1. The summed E-state index contributed by atoms with van der Waals surface area (Å²) in [7, 11) is 0. The van der Waals surface area contributed by atoms with Gasteiger partial charge in [-0.05, 0) is 49.2 Å². The first-order valence-electron chi connectivity index (χ1n) is 16.1. The SMILES string of the molecule is CCCCCCCCN(CCCCCCCC)CC1OC(c2cccc(N)c2)OC(c2ccc(CO)cc2)C1C. The van der Waals surface area contributed by atoms with Crippen molar-refractivity contribution >= 4 is 5.69 Å². The quantitative estimate of drug-likeness (QED) is 0.135. The van der Waals surface area contributed by atoms with Crippen LogP contribution in [-0.4, -0.2) is 35.7 Å². The summed E-state index contributed by atoms with van der Waals surface area (Å²) in [6.45, 7) is 10.0. The van der Waals surface area contributed by atoms with E-state index in [1.807, 2.05) is 36.4 Å². The molecule has 1 aliphatic rings. The zero-order chi connectivity index (χ0) is 28.6. The van der Waals surface area contributed by atoms with Gasteiger partial charge in [-0.2, -0.15) is 0 Å². The fraction of sp³-hybridized carbons (Fsp3) is 0.657. The van der Waals surface area contributed by atoms with Crippen LogP contribution in [0.1, 0.15) is 127 Å². The zero-order valence-corrected chi connectivity index (χ0v) is 25.5. The van der Waals surface area contributed by atoms with Crippen LogP contribution in [0.25, 0.3) is 0 Å². The van der Waals surface area contributed by atoms with Crippen molar-refractivity contribution in [3.05, 3.63) is 65.2 Å². The zero-order valence-electron chi connectivity index (χ0n) is 25.5. The summed E-state index contributed by atoms with van der Waals surface area (Å²) in [4.78, 5) is 2.66. The second-order valence-electron chi connectivity index (χ2n) is 11.8. The lowest BCUT2D eigenvalue weighted by molar-refractivity contribution is -0.276. The Hall–Kier alpha value is -1.92. The molecule has 1 aliphatic heterocycles.